The molecule has 0 fully saturated rings. The second kappa shape index (κ2) is 21.2. The molecule has 298 valence electrons. The zero-order valence-electron chi connectivity index (χ0n) is 33.1. The van der Waals surface area contributed by atoms with Crippen molar-refractivity contribution in [1.29, 1.82) is 0 Å². The van der Waals surface area contributed by atoms with Crippen molar-refractivity contribution in [3.63, 3.8) is 0 Å². The van der Waals surface area contributed by atoms with Crippen molar-refractivity contribution in [2.24, 2.45) is 4.99 Å². The van der Waals surface area contributed by atoms with Gasteiger partial charge in [-0.1, -0.05) is 25.3 Å². The first-order chi connectivity index (χ1) is 25.7. The van der Waals surface area contributed by atoms with Gasteiger partial charge in [-0.05, 0) is 80.5 Å². The summed E-state index contributed by atoms with van der Waals surface area (Å²) in [6.45, 7) is 14.2. The summed E-state index contributed by atoms with van der Waals surface area (Å²) in [6, 6.07) is -0.520. The standard InChI is InChI=1S/C37H46N6O10S2.2Na/c1-7-24-23(6)36(46)43-31(24)18-29-22(5)27(10-12-35(45)39-14-16-55(51,52)53)33(41-29)19-32-26(9-11-34(44)38-13-15-54(48,49)50)21(4)28(40-32)17-30-20(3)25(8-2)37(47)42-30;;/h7-8,17-18,33,40H,1-2,9-16,19H2,3-6H3,(H,38,44)(H,39,45)(H,42,47)(H,43,46)(H,48,49,50)(H,51,52,53);;. The van der Waals surface area contributed by atoms with E-state index in [1.165, 1.54) is 6.08 Å². The minimum absolute atomic E-state index is 0. The number of carbonyl (C=O) groups is 4. The van der Waals surface area contributed by atoms with Crippen LogP contribution >= 0.6 is 0 Å². The molecule has 2 radical (unpaired) electrons. The van der Waals surface area contributed by atoms with Crippen molar-refractivity contribution in [3.05, 3.63) is 98.7 Å². The number of rotatable bonds is 18. The predicted molar refractivity (Wildman–Crippen MR) is 219 cm³/mol. The average Bonchev–Trinajstić information content (AvgIpc) is 3.73. The van der Waals surface area contributed by atoms with Crippen LogP contribution in [0.1, 0.15) is 62.5 Å². The summed E-state index contributed by atoms with van der Waals surface area (Å²) in [6.07, 6.45) is 7.31. The van der Waals surface area contributed by atoms with Gasteiger partial charge in [0.25, 0.3) is 32.1 Å². The number of aromatic nitrogens is 1. The van der Waals surface area contributed by atoms with Crippen LogP contribution in [-0.2, 0) is 52.3 Å². The summed E-state index contributed by atoms with van der Waals surface area (Å²) < 4.78 is 62.6. The minimum Gasteiger partial charge on any atom is -0.358 e. The molecule has 20 heteroatoms. The largest absolute Gasteiger partial charge is 0.358 e. The summed E-state index contributed by atoms with van der Waals surface area (Å²) in [4.78, 5) is 59.0. The van der Waals surface area contributed by atoms with Crippen molar-refractivity contribution in [2.75, 3.05) is 24.6 Å². The Morgan fingerprint density at radius 2 is 1.32 bits per heavy atom. The number of hydrogen-bond donors (Lipinski definition) is 7. The third-order valence-electron chi connectivity index (χ3n) is 9.62. The number of aliphatic imine (C=N–C) groups is 1. The van der Waals surface area contributed by atoms with Crippen LogP contribution in [0.25, 0.3) is 6.08 Å². The maximum Gasteiger partial charge on any atom is 0.266 e. The van der Waals surface area contributed by atoms with E-state index in [0.29, 0.717) is 50.8 Å². The van der Waals surface area contributed by atoms with Crippen LogP contribution in [0.5, 0.6) is 0 Å². The van der Waals surface area contributed by atoms with Gasteiger partial charge in [0.2, 0.25) is 11.8 Å². The van der Waals surface area contributed by atoms with E-state index in [0.717, 1.165) is 22.3 Å². The van der Waals surface area contributed by atoms with Crippen LogP contribution in [0.15, 0.2) is 81.2 Å². The SMILES string of the molecule is C=CC1=C(C)C(=Cc2[nH]c(CC3N=C(C=C4NC(=O)C(C)=C4C=C)C(C)=C3CCC(=O)NCCS(=O)(=O)O)c(CCC(=O)NCCS(=O)(=O)O)c2C)NC1=O.[Na].[Na]. The monoisotopic (exact) mass is 844 g/mol. The summed E-state index contributed by atoms with van der Waals surface area (Å²) in [5, 5.41) is 10.7. The molecular formula is C37H46N6Na2O10S2. The zero-order valence-corrected chi connectivity index (χ0v) is 38.7. The summed E-state index contributed by atoms with van der Waals surface area (Å²) in [5.41, 5.74) is 8.43. The Bertz CT molecular complexity index is 2270. The first kappa shape index (κ1) is 50.0. The molecule has 57 heavy (non-hydrogen) atoms. The van der Waals surface area contributed by atoms with Crippen molar-refractivity contribution >= 4 is 115 Å². The molecule has 1 aromatic heterocycles. The van der Waals surface area contributed by atoms with E-state index in [-0.39, 0.29) is 116 Å². The second-order valence-electron chi connectivity index (χ2n) is 13.3. The Morgan fingerprint density at radius 1 is 0.772 bits per heavy atom. The normalized spacial score (nSPS) is 18.4. The third-order valence-corrected chi connectivity index (χ3v) is 11.1. The minimum atomic E-state index is -4.26. The van der Waals surface area contributed by atoms with Gasteiger partial charge in [0.15, 0.2) is 0 Å². The molecule has 3 aliphatic heterocycles. The molecule has 4 rings (SSSR count). The fourth-order valence-electron chi connectivity index (χ4n) is 6.55. The predicted octanol–water partition coefficient (Wildman–Crippen LogP) is 1.45. The average molecular weight is 845 g/mol. The zero-order chi connectivity index (χ0) is 40.8. The first-order valence-corrected chi connectivity index (χ1v) is 20.6. The van der Waals surface area contributed by atoms with Gasteiger partial charge in [-0.2, -0.15) is 16.8 Å². The Kier molecular flexibility index (Phi) is 18.6. The second-order valence-corrected chi connectivity index (χ2v) is 16.4. The van der Waals surface area contributed by atoms with Gasteiger partial charge in [-0.15, -0.1) is 0 Å². The number of carbonyl (C=O) groups excluding carboxylic acids is 4. The number of nitrogens with zero attached hydrogens (tertiary/aromatic N) is 1. The molecular weight excluding hydrogens is 799 g/mol. The molecule has 3 aliphatic rings. The smallest absolute Gasteiger partial charge is 0.266 e. The first-order valence-electron chi connectivity index (χ1n) is 17.4. The van der Waals surface area contributed by atoms with E-state index in [1.54, 1.807) is 32.1 Å². The molecule has 0 bridgehead atoms. The molecule has 16 nitrogen and oxygen atoms in total. The van der Waals surface area contributed by atoms with Crippen molar-refractivity contribution < 1.29 is 45.1 Å². The molecule has 4 amide bonds. The van der Waals surface area contributed by atoms with E-state index < -0.39 is 49.6 Å². The number of hydrogen-bond acceptors (Lipinski definition) is 9. The summed E-state index contributed by atoms with van der Waals surface area (Å²) >= 11 is 0. The van der Waals surface area contributed by atoms with Crippen molar-refractivity contribution in [3.8, 4) is 0 Å². The van der Waals surface area contributed by atoms with E-state index in [4.69, 9.17) is 14.1 Å². The summed E-state index contributed by atoms with van der Waals surface area (Å²) in [5.74, 6) is -2.68. The van der Waals surface area contributed by atoms with Gasteiger partial charge in [0.1, 0.15) is 0 Å². The quantitative estimate of drug-likeness (QED) is 0.0828. The van der Waals surface area contributed by atoms with E-state index in [2.05, 4.69) is 39.4 Å². The van der Waals surface area contributed by atoms with Gasteiger partial charge in [0, 0.05) is 125 Å². The molecule has 1 atom stereocenters. The van der Waals surface area contributed by atoms with Crippen molar-refractivity contribution in [1.82, 2.24) is 26.3 Å². The topological polar surface area (TPSA) is 253 Å². The molecule has 4 heterocycles. The molecule has 1 aromatic rings. The molecule has 1 unspecified atom stereocenters. The Balaban J connectivity index is 0.00000561. The van der Waals surface area contributed by atoms with Crippen LogP contribution in [0, 0.1) is 6.92 Å². The van der Waals surface area contributed by atoms with Gasteiger partial charge >= 0.3 is 0 Å². The van der Waals surface area contributed by atoms with Crippen LogP contribution in [0.2, 0.25) is 0 Å². The molecule has 0 aliphatic carbocycles. The number of aromatic amines is 1. The van der Waals surface area contributed by atoms with Crippen LogP contribution < -0.4 is 21.3 Å². The fraction of sp³-hybridized carbons (Fsp3) is 0.378. The van der Waals surface area contributed by atoms with E-state index in [9.17, 15) is 36.0 Å². The number of allylic oxidation sites excluding steroid dienone is 4. The Morgan fingerprint density at radius 3 is 1.84 bits per heavy atom. The molecule has 0 aromatic carbocycles. The molecule has 0 saturated heterocycles. The van der Waals surface area contributed by atoms with Gasteiger partial charge in [-0.25, -0.2) is 0 Å². The Hall–Kier alpha value is -3.17. The van der Waals surface area contributed by atoms with Gasteiger partial charge < -0.3 is 26.3 Å². The third kappa shape index (κ3) is 13.4. The number of amides is 4. The van der Waals surface area contributed by atoms with E-state index >= 15 is 0 Å². The molecule has 0 saturated carbocycles. The van der Waals surface area contributed by atoms with Gasteiger partial charge in [0.05, 0.1) is 29.0 Å². The number of H-pyrrole nitrogens is 1. The van der Waals surface area contributed by atoms with Crippen LogP contribution in [0.3, 0.4) is 0 Å². The summed E-state index contributed by atoms with van der Waals surface area (Å²) in [7, 11) is -8.53. The maximum absolute atomic E-state index is 12.8. The molecule has 7 N–H and O–H groups in total. The van der Waals surface area contributed by atoms with Crippen LogP contribution in [0.4, 0.5) is 0 Å². The maximum atomic E-state index is 12.8. The van der Waals surface area contributed by atoms with E-state index in [1.807, 2.05) is 13.8 Å². The van der Waals surface area contributed by atoms with Crippen LogP contribution in [-0.4, -0.2) is 150 Å². The Labute approximate surface area is 377 Å². The fourth-order valence-corrected chi connectivity index (χ4v) is 7.27. The molecule has 0 spiro atoms. The van der Waals surface area contributed by atoms with Crippen molar-refractivity contribution in [2.45, 2.75) is 65.8 Å². The van der Waals surface area contributed by atoms with Gasteiger partial charge in [-0.3, -0.25) is 33.3 Å². The number of nitrogens with one attached hydrogen (secondary N) is 5.